The number of alkyl carbamates (subject to hydrolysis) is 1. The number of rotatable bonds is 12. The lowest BCUT2D eigenvalue weighted by molar-refractivity contribution is -0.134. The average Bonchev–Trinajstić information content (AvgIpc) is 3.32. The van der Waals surface area contributed by atoms with Gasteiger partial charge in [0.05, 0.1) is 25.7 Å². The quantitative estimate of drug-likeness (QED) is 0.163. The van der Waals surface area contributed by atoms with Crippen LogP contribution in [0.15, 0.2) is 41.6 Å². The summed E-state index contributed by atoms with van der Waals surface area (Å²) >= 11 is 2.08. The van der Waals surface area contributed by atoms with Gasteiger partial charge in [-0.1, -0.05) is 6.08 Å². The fraction of sp³-hybridized carbons (Fsp3) is 0.400. The average molecular weight is 736 g/mol. The summed E-state index contributed by atoms with van der Waals surface area (Å²) in [7, 11) is 4.33. The molecule has 0 aromatic carbocycles. The molecule has 1 unspecified atom stereocenters. The highest BCUT2D eigenvalue weighted by Crippen LogP contribution is 2.32. The Kier molecular flexibility index (Phi) is 12.0. The summed E-state index contributed by atoms with van der Waals surface area (Å²) in [6.07, 6.45) is -0.628. The molecule has 0 aliphatic rings. The lowest BCUT2D eigenvalue weighted by Gasteiger charge is -2.17. The Hall–Kier alpha value is -3.60. The number of aryl methyl sites for hydroxylation is 1. The summed E-state index contributed by atoms with van der Waals surface area (Å²) in [6, 6.07) is 1.84. The van der Waals surface area contributed by atoms with Crippen LogP contribution in [0.5, 0.6) is 0 Å². The number of hydrogen-bond donors (Lipinski definition) is 2. The van der Waals surface area contributed by atoms with E-state index in [1.54, 1.807) is 24.5 Å². The van der Waals surface area contributed by atoms with Gasteiger partial charge in [0.15, 0.2) is 5.65 Å². The van der Waals surface area contributed by atoms with E-state index in [9.17, 15) is 32.3 Å². The van der Waals surface area contributed by atoms with E-state index in [-0.39, 0.29) is 55.0 Å². The van der Waals surface area contributed by atoms with Gasteiger partial charge in [-0.05, 0) is 53.1 Å². The summed E-state index contributed by atoms with van der Waals surface area (Å²) in [5.41, 5.74) is 0.0676. The number of nitrogens with zero attached hydrogens (tertiary/aromatic N) is 6. The Bertz CT molecular complexity index is 1560. The normalized spacial score (nSPS) is 12.6. The number of anilines is 1. The number of likely N-dealkylation sites (N-methyl/N-ethyl adjacent to an activating group) is 1. The molecule has 232 valence electrons. The van der Waals surface area contributed by atoms with Gasteiger partial charge in [-0.15, -0.1) is 0 Å². The van der Waals surface area contributed by atoms with Crippen molar-refractivity contribution in [3.05, 3.63) is 58.7 Å². The number of pyridine rings is 1. The summed E-state index contributed by atoms with van der Waals surface area (Å²) in [5, 5.41) is 4.95. The van der Waals surface area contributed by atoms with Crippen molar-refractivity contribution in [2.24, 2.45) is 0 Å². The molecule has 0 bridgehead atoms. The minimum atomic E-state index is -4.36. The number of carbonyl (C=O) groups excluding carboxylic acids is 3. The van der Waals surface area contributed by atoms with Crippen molar-refractivity contribution >= 4 is 63.2 Å². The third-order valence-electron chi connectivity index (χ3n) is 6.03. The highest BCUT2D eigenvalue weighted by molar-refractivity contribution is 14.2. The topological polar surface area (TPSA) is 153 Å². The van der Waals surface area contributed by atoms with Gasteiger partial charge in [0.2, 0.25) is 11.8 Å². The Morgan fingerprint density at radius 1 is 1.26 bits per heavy atom. The lowest BCUT2D eigenvalue weighted by Crippen LogP contribution is -2.44. The second-order valence-electron chi connectivity index (χ2n) is 9.30. The van der Waals surface area contributed by atoms with Crippen LogP contribution in [0.3, 0.4) is 0 Å². The molecule has 0 saturated carbocycles. The molecular formula is C25H29F3IN8O5P. The van der Waals surface area contributed by atoms with Crippen LogP contribution >= 0.6 is 28.4 Å². The van der Waals surface area contributed by atoms with Gasteiger partial charge in [-0.3, -0.25) is 18.7 Å². The standard InChI is InChI=1S/C25H29F3IN8O5P/c1-35(2)19(38)9-5-4-7-16(33-24(41)42-3)22(39)32-17-8-6-12-36(23(17)40)13-18-34-20-15(10-11-25(26,27)28)30-14-31-21(20)37(18)43-29/h5-6,8-9,12,14,16,43H,4,7,10-11,13H2,1-3H3,(H,32,39)(H,33,41)/b9-5+/t16-/m0/s1. The van der Waals surface area contributed by atoms with Crippen LogP contribution < -0.4 is 16.2 Å². The molecule has 2 atom stereocenters. The van der Waals surface area contributed by atoms with Crippen LogP contribution in [0, 0.1) is 0 Å². The van der Waals surface area contributed by atoms with E-state index in [2.05, 4.69) is 52.4 Å². The number of amides is 3. The molecule has 43 heavy (non-hydrogen) atoms. The molecule has 3 heterocycles. The van der Waals surface area contributed by atoms with Gasteiger partial charge in [0, 0.05) is 33.1 Å². The number of carbonyl (C=O) groups is 3. The Labute approximate surface area is 258 Å². The molecule has 0 aliphatic heterocycles. The zero-order valence-corrected chi connectivity index (χ0v) is 26.5. The Morgan fingerprint density at radius 2 is 2.00 bits per heavy atom. The maximum atomic E-state index is 13.3. The van der Waals surface area contributed by atoms with Gasteiger partial charge >= 0.3 is 12.3 Å². The number of imidazole rings is 1. The van der Waals surface area contributed by atoms with Crippen molar-refractivity contribution in [2.45, 2.75) is 44.4 Å². The van der Waals surface area contributed by atoms with E-state index in [0.29, 0.717) is 11.5 Å². The molecule has 18 heteroatoms. The fourth-order valence-corrected chi connectivity index (χ4v) is 5.80. The number of ether oxygens (including phenoxy) is 1. The lowest BCUT2D eigenvalue weighted by atomic mass is 10.1. The molecule has 0 spiro atoms. The zero-order chi connectivity index (χ0) is 31.7. The third kappa shape index (κ3) is 9.44. The first kappa shape index (κ1) is 33.9. The highest BCUT2D eigenvalue weighted by Gasteiger charge is 2.28. The van der Waals surface area contributed by atoms with Crippen molar-refractivity contribution in [3.8, 4) is 0 Å². The molecule has 0 saturated heterocycles. The second-order valence-corrected chi connectivity index (χ2v) is 11.4. The van der Waals surface area contributed by atoms with Crippen LogP contribution in [0.2, 0.25) is 0 Å². The Balaban J connectivity index is 1.83. The number of methoxy groups -OCH3 is 1. The van der Waals surface area contributed by atoms with Gasteiger partial charge in [0.1, 0.15) is 29.4 Å². The largest absolute Gasteiger partial charge is 0.453 e. The maximum Gasteiger partial charge on any atom is 0.407 e. The number of allylic oxidation sites excluding steroid dienone is 1. The van der Waals surface area contributed by atoms with E-state index >= 15 is 0 Å². The summed E-state index contributed by atoms with van der Waals surface area (Å²) in [4.78, 5) is 64.0. The van der Waals surface area contributed by atoms with Crippen LogP contribution in [-0.2, 0) is 27.3 Å². The monoisotopic (exact) mass is 736 g/mol. The van der Waals surface area contributed by atoms with Crippen molar-refractivity contribution in [1.82, 2.24) is 34.1 Å². The van der Waals surface area contributed by atoms with Gasteiger partial charge in [-0.25, -0.2) is 19.7 Å². The number of alkyl halides is 3. The van der Waals surface area contributed by atoms with E-state index in [0.717, 1.165) is 7.11 Å². The number of hydrogen-bond acceptors (Lipinski definition) is 8. The summed E-state index contributed by atoms with van der Waals surface area (Å²) in [6.45, 7) is -0.0673. The fourth-order valence-electron chi connectivity index (χ4n) is 3.82. The Morgan fingerprint density at radius 3 is 2.65 bits per heavy atom. The molecule has 13 nitrogen and oxygen atoms in total. The van der Waals surface area contributed by atoms with Gasteiger partial charge in [-0.2, -0.15) is 13.2 Å². The minimum Gasteiger partial charge on any atom is -0.453 e. The molecule has 3 aromatic rings. The van der Waals surface area contributed by atoms with Crippen molar-refractivity contribution in [2.75, 3.05) is 26.5 Å². The van der Waals surface area contributed by atoms with Crippen LogP contribution in [0.25, 0.3) is 11.2 Å². The number of aromatic nitrogens is 5. The SMILES string of the molecule is COC(=O)N[C@@H](CC/C=C/C(=O)N(C)C)C(=O)Nc1cccn(Cc2nc3c(CCC(F)(F)F)ncnc3n2PI)c1=O. The smallest absolute Gasteiger partial charge is 0.407 e. The predicted octanol–water partition coefficient (Wildman–Crippen LogP) is 3.41. The highest BCUT2D eigenvalue weighted by atomic mass is 127. The first-order valence-corrected chi connectivity index (χ1v) is 16.8. The van der Waals surface area contributed by atoms with E-state index < -0.39 is 36.2 Å². The third-order valence-corrected chi connectivity index (χ3v) is 8.11. The maximum absolute atomic E-state index is 13.3. The number of nitrogens with one attached hydrogen (secondary N) is 2. The van der Waals surface area contributed by atoms with Crippen molar-refractivity contribution < 1.29 is 32.3 Å². The number of halogens is 4. The molecule has 0 aliphatic carbocycles. The molecule has 0 fully saturated rings. The number of fused-ring (bicyclic) bond motifs is 1. The molecular weight excluding hydrogens is 707 g/mol. The van der Waals surface area contributed by atoms with Gasteiger partial charge < -0.3 is 24.8 Å². The van der Waals surface area contributed by atoms with Crippen molar-refractivity contribution in [3.63, 3.8) is 0 Å². The molecule has 2 N–H and O–H groups in total. The van der Waals surface area contributed by atoms with Crippen LogP contribution in [0.4, 0.5) is 23.7 Å². The summed E-state index contributed by atoms with van der Waals surface area (Å²) in [5.74, 6) is -0.558. The minimum absolute atomic E-state index is 0.0673. The van der Waals surface area contributed by atoms with E-state index in [1.807, 2.05) is 0 Å². The second kappa shape index (κ2) is 15.2. The molecule has 3 amide bonds. The van der Waals surface area contributed by atoms with Crippen LogP contribution in [-0.4, -0.2) is 80.1 Å². The molecule has 3 rings (SSSR count). The van der Waals surface area contributed by atoms with Gasteiger partial charge in [0.25, 0.3) is 5.56 Å². The van der Waals surface area contributed by atoms with Crippen LogP contribution in [0.1, 0.15) is 30.8 Å². The first-order valence-electron chi connectivity index (χ1n) is 12.7. The van der Waals surface area contributed by atoms with E-state index in [4.69, 9.17) is 0 Å². The summed E-state index contributed by atoms with van der Waals surface area (Å²) < 4.78 is 46.1. The first-order chi connectivity index (χ1) is 20.3. The predicted molar refractivity (Wildman–Crippen MR) is 162 cm³/mol. The molecule has 0 radical (unpaired) electrons. The molecule has 3 aromatic heterocycles. The zero-order valence-electron chi connectivity index (χ0n) is 23.3. The van der Waals surface area contributed by atoms with Crippen molar-refractivity contribution in [1.29, 1.82) is 0 Å². The van der Waals surface area contributed by atoms with E-state index in [1.165, 1.54) is 40.2 Å².